The Labute approximate surface area is 220 Å². The zero-order valence-electron chi connectivity index (χ0n) is 20.9. The Morgan fingerprint density at radius 2 is 0.865 bits per heavy atom. The molecular weight excluding hydrogens is 450 g/mol. The van der Waals surface area contributed by atoms with Gasteiger partial charge in [0.15, 0.2) is 0 Å². The summed E-state index contributed by atoms with van der Waals surface area (Å²) in [5.74, 6) is 0. The van der Waals surface area contributed by atoms with Gasteiger partial charge < -0.3 is 4.90 Å². The van der Waals surface area contributed by atoms with Crippen LogP contribution in [0.3, 0.4) is 0 Å². The molecule has 0 bridgehead atoms. The van der Waals surface area contributed by atoms with E-state index in [0.717, 1.165) is 24.3 Å². The van der Waals surface area contributed by atoms with E-state index < -0.39 is 0 Å². The summed E-state index contributed by atoms with van der Waals surface area (Å²) in [4.78, 5) is 2.41. The average molecular weight is 482 g/mol. The van der Waals surface area contributed by atoms with Crippen LogP contribution in [0.15, 0.2) is 151 Å². The quantitative estimate of drug-likeness (QED) is 0.149. The van der Waals surface area contributed by atoms with Crippen molar-refractivity contribution in [2.45, 2.75) is 19.6 Å². The molecule has 0 fully saturated rings. The first kappa shape index (κ1) is 24.1. The maximum absolute atomic E-state index is 4.86. The van der Waals surface area contributed by atoms with Crippen molar-refractivity contribution in [2.75, 3.05) is 9.91 Å². The molecule has 0 aliphatic heterocycles. The molecule has 182 valence electrons. The summed E-state index contributed by atoms with van der Waals surface area (Å²) < 4.78 is 0. The number of hydrazone groups is 1. The molecular formula is C34H31N3. The smallest absolute Gasteiger partial charge is 0.0666 e. The molecule has 3 heteroatoms. The van der Waals surface area contributed by atoms with Gasteiger partial charge in [0.2, 0.25) is 0 Å². The van der Waals surface area contributed by atoms with Crippen molar-refractivity contribution in [1.29, 1.82) is 0 Å². The number of hydrogen-bond donors (Lipinski definition) is 0. The Morgan fingerprint density at radius 1 is 0.432 bits per heavy atom. The van der Waals surface area contributed by atoms with Gasteiger partial charge in [-0.2, -0.15) is 5.10 Å². The van der Waals surface area contributed by atoms with Gasteiger partial charge in [-0.3, -0.25) is 5.01 Å². The Hall–Kier alpha value is -4.63. The van der Waals surface area contributed by atoms with E-state index in [1.807, 2.05) is 35.5 Å². The molecule has 0 N–H and O–H groups in total. The highest BCUT2D eigenvalue weighted by atomic mass is 15.4. The fraction of sp³-hybridized carbons (Fsp3) is 0.0882. The maximum atomic E-state index is 4.86. The minimum absolute atomic E-state index is 0.710. The van der Waals surface area contributed by atoms with Crippen LogP contribution in [0.5, 0.6) is 0 Å². The summed E-state index contributed by atoms with van der Waals surface area (Å²) in [5.41, 5.74) is 7.13. The summed E-state index contributed by atoms with van der Waals surface area (Å²) in [5, 5.41) is 6.91. The fourth-order valence-corrected chi connectivity index (χ4v) is 4.31. The van der Waals surface area contributed by atoms with Gasteiger partial charge in [-0.05, 0) is 46.5 Å². The third-order valence-electron chi connectivity index (χ3n) is 6.27. The van der Waals surface area contributed by atoms with Crippen LogP contribution in [0.25, 0.3) is 0 Å². The highest BCUT2D eigenvalue weighted by Gasteiger charge is 2.09. The normalized spacial score (nSPS) is 10.9. The third-order valence-corrected chi connectivity index (χ3v) is 6.27. The van der Waals surface area contributed by atoms with Crippen molar-refractivity contribution in [3.05, 3.63) is 168 Å². The number of nitrogens with zero attached hydrogens (tertiary/aromatic N) is 3. The van der Waals surface area contributed by atoms with Crippen molar-refractivity contribution < 1.29 is 0 Å². The fourth-order valence-electron chi connectivity index (χ4n) is 4.31. The Morgan fingerprint density at radius 3 is 1.35 bits per heavy atom. The SMILES string of the molecule is C(=N\N(Cc1ccccc1)c1ccccc1)/c1ccc(N(Cc2ccccc2)Cc2ccccc2)cc1. The van der Waals surface area contributed by atoms with Gasteiger partial charge in [-0.15, -0.1) is 0 Å². The van der Waals surface area contributed by atoms with Gasteiger partial charge >= 0.3 is 0 Å². The van der Waals surface area contributed by atoms with E-state index in [9.17, 15) is 0 Å². The van der Waals surface area contributed by atoms with Gasteiger partial charge in [0, 0.05) is 18.8 Å². The average Bonchev–Trinajstić information content (AvgIpc) is 2.97. The number of rotatable bonds is 10. The summed E-state index contributed by atoms with van der Waals surface area (Å²) in [6, 6.07) is 50.7. The molecule has 5 aromatic carbocycles. The van der Waals surface area contributed by atoms with E-state index in [2.05, 4.69) is 126 Å². The summed E-state index contributed by atoms with van der Waals surface area (Å²) in [7, 11) is 0. The second-order valence-corrected chi connectivity index (χ2v) is 9.04. The van der Waals surface area contributed by atoms with Crippen LogP contribution in [0.2, 0.25) is 0 Å². The van der Waals surface area contributed by atoms with Gasteiger partial charge in [-0.25, -0.2) is 0 Å². The highest BCUT2D eigenvalue weighted by molar-refractivity contribution is 5.81. The Kier molecular flexibility index (Phi) is 8.05. The molecule has 0 saturated heterocycles. The topological polar surface area (TPSA) is 18.8 Å². The van der Waals surface area contributed by atoms with E-state index in [-0.39, 0.29) is 0 Å². The van der Waals surface area contributed by atoms with E-state index in [0.29, 0.717) is 6.54 Å². The van der Waals surface area contributed by atoms with Crippen LogP contribution >= 0.6 is 0 Å². The second kappa shape index (κ2) is 12.4. The second-order valence-electron chi connectivity index (χ2n) is 9.04. The lowest BCUT2D eigenvalue weighted by Gasteiger charge is -2.25. The molecule has 5 aromatic rings. The summed E-state index contributed by atoms with van der Waals surface area (Å²) in [6.07, 6.45) is 1.94. The monoisotopic (exact) mass is 481 g/mol. The first-order chi connectivity index (χ1) is 18.3. The highest BCUT2D eigenvalue weighted by Crippen LogP contribution is 2.22. The Bertz CT molecular complexity index is 1330. The molecule has 0 spiro atoms. The minimum Gasteiger partial charge on any atom is -0.363 e. The zero-order valence-corrected chi connectivity index (χ0v) is 20.9. The molecule has 0 unspecified atom stereocenters. The lowest BCUT2D eigenvalue weighted by atomic mass is 10.1. The van der Waals surface area contributed by atoms with Gasteiger partial charge in [0.05, 0.1) is 18.4 Å². The van der Waals surface area contributed by atoms with Crippen molar-refractivity contribution in [3.8, 4) is 0 Å². The first-order valence-electron chi connectivity index (χ1n) is 12.7. The number of anilines is 2. The number of benzene rings is 5. The van der Waals surface area contributed by atoms with Crippen LogP contribution in [0.1, 0.15) is 22.3 Å². The molecule has 5 rings (SSSR count). The van der Waals surface area contributed by atoms with Crippen molar-refractivity contribution in [3.63, 3.8) is 0 Å². The van der Waals surface area contributed by atoms with Crippen LogP contribution in [-0.2, 0) is 19.6 Å². The largest absolute Gasteiger partial charge is 0.363 e. The standard InChI is InChI=1S/C34H31N3/c1-5-13-30(14-6-1)26-36(27-31-15-7-2-8-16-31)33-23-21-29(22-24-33)25-35-37(34-19-11-4-12-20-34)28-32-17-9-3-10-18-32/h1-25H,26-28H2/b35-25+. The maximum Gasteiger partial charge on any atom is 0.0666 e. The van der Waals surface area contributed by atoms with E-state index >= 15 is 0 Å². The van der Waals surface area contributed by atoms with Crippen LogP contribution in [0, 0.1) is 0 Å². The molecule has 0 radical (unpaired) electrons. The number of hydrogen-bond acceptors (Lipinski definition) is 3. The predicted molar refractivity (Wildman–Crippen MR) is 156 cm³/mol. The molecule has 0 aliphatic rings. The Balaban J connectivity index is 1.35. The zero-order chi connectivity index (χ0) is 25.1. The van der Waals surface area contributed by atoms with E-state index in [1.54, 1.807) is 0 Å². The first-order valence-corrected chi connectivity index (χ1v) is 12.7. The number of para-hydroxylation sites is 1. The van der Waals surface area contributed by atoms with Crippen molar-refractivity contribution in [1.82, 2.24) is 0 Å². The van der Waals surface area contributed by atoms with Crippen molar-refractivity contribution >= 4 is 17.6 Å². The van der Waals surface area contributed by atoms with Gasteiger partial charge in [0.1, 0.15) is 0 Å². The molecule has 0 saturated carbocycles. The summed E-state index contributed by atoms with van der Waals surface area (Å²) in [6.45, 7) is 2.41. The van der Waals surface area contributed by atoms with Crippen LogP contribution in [0.4, 0.5) is 11.4 Å². The summed E-state index contributed by atoms with van der Waals surface area (Å²) >= 11 is 0. The van der Waals surface area contributed by atoms with Crippen LogP contribution in [-0.4, -0.2) is 6.21 Å². The van der Waals surface area contributed by atoms with E-state index in [4.69, 9.17) is 5.10 Å². The van der Waals surface area contributed by atoms with E-state index in [1.165, 1.54) is 22.4 Å². The minimum atomic E-state index is 0.710. The molecule has 37 heavy (non-hydrogen) atoms. The van der Waals surface area contributed by atoms with Gasteiger partial charge in [0.25, 0.3) is 0 Å². The van der Waals surface area contributed by atoms with Gasteiger partial charge in [-0.1, -0.05) is 121 Å². The van der Waals surface area contributed by atoms with Crippen molar-refractivity contribution in [2.24, 2.45) is 5.10 Å². The lowest BCUT2D eigenvalue weighted by molar-refractivity contribution is 0.800. The molecule has 3 nitrogen and oxygen atoms in total. The molecule has 0 amide bonds. The molecule has 0 aliphatic carbocycles. The molecule has 0 aromatic heterocycles. The van der Waals surface area contributed by atoms with Crippen LogP contribution < -0.4 is 9.91 Å². The lowest BCUT2D eigenvalue weighted by Crippen LogP contribution is -2.22. The predicted octanol–water partition coefficient (Wildman–Crippen LogP) is 7.93. The molecule has 0 atom stereocenters. The third kappa shape index (κ3) is 6.96. The molecule has 0 heterocycles.